The summed E-state index contributed by atoms with van der Waals surface area (Å²) in [5.41, 5.74) is 5.00. The van der Waals surface area contributed by atoms with Crippen molar-refractivity contribution in [3.63, 3.8) is 0 Å². The van der Waals surface area contributed by atoms with E-state index in [0.717, 1.165) is 23.2 Å². The van der Waals surface area contributed by atoms with Crippen molar-refractivity contribution in [1.82, 2.24) is 0 Å². The van der Waals surface area contributed by atoms with Crippen LogP contribution >= 0.6 is 0 Å². The Morgan fingerprint density at radius 2 is 1.76 bits per heavy atom. The summed E-state index contributed by atoms with van der Waals surface area (Å²) in [6.07, 6.45) is 3.03. The normalized spacial score (nSPS) is 11.3. The second-order valence-corrected chi connectivity index (χ2v) is 5.03. The lowest BCUT2D eigenvalue weighted by Crippen LogP contribution is -2.13. The molecule has 0 bridgehead atoms. The van der Waals surface area contributed by atoms with Gasteiger partial charge < -0.3 is 5.32 Å². The van der Waals surface area contributed by atoms with Gasteiger partial charge in [0.25, 0.3) is 5.91 Å². The van der Waals surface area contributed by atoms with Crippen LogP contribution in [0.15, 0.2) is 54.6 Å². The van der Waals surface area contributed by atoms with Crippen molar-refractivity contribution in [3.05, 3.63) is 71.3 Å². The maximum Gasteiger partial charge on any atom is 0.255 e. The average molecular weight is 279 g/mol. The van der Waals surface area contributed by atoms with Gasteiger partial charge in [-0.25, -0.2) is 0 Å². The Hall–Kier alpha value is -2.35. The molecule has 0 fully saturated rings. The highest BCUT2D eigenvalue weighted by Crippen LogP contribution is 2.26. The van der Waals surface area contributed by atoms with E-state index in [4.69, 9.17) is 0 Å². The molecule has 0 radical (unpaired) electrons. The Kier molecular flexibility index (Phi) is 4.94. The molecule has 0 saturated carbocycles. The van der Waals surface area contributed by atoms with Crippen LogP contribution in [0.4, 0.5) is 5.69 Å². The first-order chi connectivity index (χ1) is 10.2. The fraction of sp³-hybridized carbons (Fsp3) is 0.211. The summed E-state index contributed by atoms with van der Waals surface area (Å²) in [7, 11) is 0. The van der Waals surface area contributed by atoms with Gasteiger partial charge in [-0.3, -0.25) is 4.79 Å². The van der Waals surface area contributed by atoms with Crippen LogP contribution in [0.25, 0.3) is 5.57 Å². The Bertz CT molecular complexity index is 654. The number of rotatable bonds is 4. The predicted molar refractivity (Wildman–Crippen MR) is 89.5 cm³/mol. The van der Waals surface area contributed by atoms with Crippen LogP contribution in [0, 0.1) is 6.92 Å². The Balaban J connectivity index is 2.27. The molecule has 2 nitrogen and oxygen atoms in total. The molecule has 0 aliphatic rings. The highest BCUT2D eigenvalue weighted by Gasteiger charge is 2.10. The number of allylic oxidation sites excluding steroid dienone is 2. The number of hydrogen-bond acceptors (Lipinski definition) is 1. The van der Waals surface area contributed by atoms with Gasteiger partial charge in [0.1, 0.15) is 0 Å². The van der Waals surface area contributed by atoms with Gasteiger partial charge in [0.2, 0.25) is 0 Å². The van der Waals surface area contributed by atoms with Crippen molar-refractivity contribution in [2.75, 3.05) is 5.32 Å². The van der Waals surface area contributed by atoms with E-state index in [-0.39, 0.29) is 5.91 Å². The zero-order valence-electron chi connectivity index (χ0n) is 12.8. The van der Waals surface area contributed by atoms with Gasteiger partial charge in [0.15, 0.2) is 0 Å². The van der Waals surface area contributed by atoms with Gasteiger partial charge in [0.05, 0.1) is 0 Å². The van der Waals surface area contributed by atoms with Crippen molar-refractivity contribution in [3.8, 4) is 0 Å². The van der Waals surface area contributed by atoms with Crippen LogP contribution in [0.5, 0.6) is 0 Å². The van der Waals surface area contributed by atoms with Crippen molar-refractivity contribution < 1.29 is 4.79 Å². The molecule has 0 aliphatic carbocycles. The number of para-hydroxylation sites is 1. The number of benzene rings is 2. The van der Waals surface area contributed by atoms with E-state index in [1.165, 1.54) is 5.57 Å². The van der Waals surface area contributed by atoms with Crippen LogP contribution in [-0.2, 0) is 0 Å². The molecule has 0 saturated heterocycles. The molecule has 2 aromatic rings. The molecule has 0 unspecified atom stereocenters. The largest absolute Gasteiger partial charge is 0.321 e. The first kappa shape index (κ1) is 15.0. The van der Waals surface area contributed by atoms with Gasteiger partial charge in [-0.15, -0.1) is 0 Å². The summed E-state index contributed by atoms with van der Waals surface area (Å²) in [5, 5.41) is 3.02. The number of carbonyl (C=O) groups is 1. The van der Waals surface area contributed by atoms with Gasteiger partial charge in [0, 0.05) is 16.8 Å². The maximum atomic E-state index is 12.3. The minimum Gasteiger partial charge on any atom is -0.321 e. The monoisotopic (exact) mass is 279 g/mol. The van der Waals surface area contributed by atoms with E-state index in [2.05, 4.69) is 18.3 Å². The first-order valence-corrected chi connectivity index (χ1v) is 7.28. The Labute approximate surface area is 126 Å². The number of aryl methyl sites for hydroxylation is 1. The summed E-state index contributed by atoms with van der Waals surface area (Å²) in [5.74, 6) is -0.0750. The summed E-state index contributed by atoms with van der Waals surface area (Å²) in [6, 6.07) is 15.5. The van der Waals surface area contributed by atoms with E-state index < -0.39 is 0 Å². The highest BCUT2D eigenvalue weighted by molar-refractivity contribution is 6.05. The van der Waals surface area contributed by atoms with E-state index >= 15 is 0 Å². The van der Waals surface area contributed by atoms with Gasteiger partial charge >= 0.3 is 0 Å². The lowest BCUT2D eigenvalue weighted by atomic mass is 10.0. The van der Waals surface area contributed by atoms with E-state index in [9.17, 15) is 4.79 Å². The first-order valence-electron chi connectivity index (χ1n) is 7.28. The lowest BCUT2D eigenvalue weighted by molar-refractivity contribution is 0.102. The van der Waals surface area contributed by atoms with Crippen LogP contribution < -0.4 is 5.32 Å². The van der Waals surface area contributed by atoms with Crippen molar-refractivity contribution >= 4 is 17.2 Å². The summed E-state index contributed by atoms with van der Waals surface area (Å²) >= 11 is 0. The Morgan fingerprint density at radius 1 is 1.10 bits per heavy atom. The highest BCUT2D eigenvalue weighted by atomic mass is 16.1. The van der Waals surface area contributed by atoms with Crippen molar-refractivity contribution in [1.29, 1.82) is 0 Å². The predicted octanol–water partition coefficient (Wildman–Crippen LogP) is 5.06. The zero-order chi connectivity index (χ0) is 15.2. The molecule has 0 heterocycles. The molecule has 0 aromatic heterocycles. The molecular weight excluding hydrogens is 258 g/mol. The molecule has 0 atom stereocenters. The molecule has 2 rings (SSSR count). The van der Waals surface area contributed by atoms with E-state index in [1.54, 1.807) is 0 Å². The third-order valence-electron chi connectivity index (χ3n) is 3.56. The number of nitrogens with one attached hydrogen (secondary N) is 1. The summed E-state index contributed by atoms with van der Waals surface area (Å²) in [4.78, 5) is 12.3. The number of amides is 1. The van der Waals surface area contributed by atoms with Crippen molar-refractivity contribution in [2.45, 2.75) is 27.2 Å². The van der Waals surface area contributed by atoms with E-state index in [1.807, 2.05) is 62.4 Å². The summed E-state index contributed by atoms with van der Waals surface area (Å²) in [6.45, 7) is 6.15. The third-order valence-corrected chi connectivity index (χ3v) is 3.56. The number of hydrogen-bond donors (Lipinski definition) is 1. The van der Waals surface area contributed by atoms with Crippen LogP contribution in [0.2, 0.25) is 0 Å². The summed E-state index contributed by atoms with van der Waals surface area (Å²) < 4.78 is 0. The molecule has 0 aliphatic heterocycles. The van der Waals surface area contributed by atoms with Gasteiger partial charge in [-0.05, 0) is 44.0 Å². The van der Waals surface area contributed by atoms with Gasteiger partial charge in [-0.2, -0.15) is 0 Å². The van der Waals surface area contributed by atoms with Crippen LogP contribution in [0.3, 0.4) is 0 Å². The molecule has 1 N–H and O–H groups in total. The van der Waals surface area contributed by atoms with Crippen LogP contribution in [0.1, 0.15) is 41.8 Å². The molecule has 0 spiro atoms. The minimum atomic E-state index is -0.0750. The fourth-order valence-electron chi connectivity index (χ4n) is 2.32. The lowest BCUT2D eigenvalue weighted by Gasteiger charge is -2.13. The fourth-order valence-corrected chi connectivity index (χ4v) is 2.32. The molecule has 2 aromatic carbocycles. The van der Waals surface area contributed by atoms with Gasteiger partial charge in [-0.1, -0.05) is 48.9 Å². The maximum absolute atomic E-state index is 12.3. The topological polar surface area (TPSA) is 29.1 Å². The SMILES string of the molecule is CC=C(CC)c1ccccc1NC(=O)c1ccc(C)cc1. The molecule has 2 heteroatoms. The smallest absolute Gasteiger partial charge is 0.255 e. The van der Waals surface area contributed by atoms with Crippen molar-refractivity contribution in [2.24, 2.45) is 0 Å². The zero-order valence-corrected chi connectivity index (χ0v) is 12.8. The molecule has 21 heavy (non-hydrogen) atoms. The Morgan fingerprint density at radius 3 is 2.38 bits per heavy atom. The standard InChI is InChI=1S/C19H21NO/c1-4-15(5-2)17-8-6-7-9-18(17)20-19(21)16-12-10-14(3)11-13-16/h4,6-13H,5H2,1-3H3,(H,20,21). The second-order valence-electron chi connectivity index (χ2n) is 5.03. The number of carbonyl (C=O) groups excluding carboxylic acids is 1. The average Bonchev–Trinajstić information content (AvgIpc) is 2.50. The number of anilines is 1. The third kappa shape index (κ3) is 3.60. The molecular formula is C19H21NO. The van der Waals surface area contributed by atoms with Crippen LogP contribution in [-0.4, -0.2) is 5.91 Å². The van der Waals surface area contributed by atoms with E-state index in [0.29, 0.717) is 5.56 Å². The molecule has 108 valence electrons. The molecule has 1 amide bonds. The second kappa shape index (κ2) is 6.89. The quantitative estimate of drug-likeness (QED) is 0.832. The minimum absolute atomic E-state index is 0.0750.